The molecule has 0 aromatic carbocycles. The number of nitrogens with one attached hydrogen (secondary N) is 1. The first-order valence-electron chi connectivity index (χ1n) is 6.71. The highest BCUT2D eigenvalue weighted by molar-refractivity contribution is 8.17. The molecule has 0 rings (SSSR count). The molecule has 1 amide bonds. The van der Waals surface area contributed by atoms with Crippen molar-refractivity contribution in [3.63, 3.8) is 0 Å². The van der Waals surface area contributed by atoms with Gasteiger partial charge in [-0.25, -0.2) is 8.42 Å². The number of carbonyl (C=O) groups is 1. The molecule has 0 aromatic heterocycles. The first-order chi connectivity index (χ1) is 10.3. The van der Waals surface area contributed by atoms with Gasteiger partial charge in [0.25, 0.3) is 0 Å². The zero-order valence-corrected chi connectivity index (χ0v) is 17.3. The summed E-state index contributed by atoms with van der Waals surface area (Å²) in [6, 6.07) is 0. The molecular formula is C12H26N2O5P2S2. The minimum atomic E-state index is -4.42. The first-order valence-corrected chi connectivity index (χ1v) is 11.6. The Hall–Kier alpha value is -0.140. The highest BCUT2D eigenvalue weighted by atomic mass is 32.7. The predicted octanol–water partition coefficient (Wildman–Crippen LogP) is 0.236. The summed E-state index contributed by atoms with van der Waals surface area (Å²) in [4.78, 5) is 11.2. The second kappa shape index (κ2) is 12.3. The standard InChI is InChI=1S/C12H24N2O5S.H2P2S/c1-10(2)12(16)13-6-5-7-14(3,4)8-11(15)9-20(17,18)19;1-3-2/h11,15H,1,5-9H2,2-4H3,(H-,13,16,17,18,19);1-2H. The van der Waals surface area contributed by atoms with Gasteiger partial charge >= 0.3 is 0 Å². The topological polar surface area (TPSA) is 107 Å². The SMILES string of the molecule is C=C(C)C(=O)NCCC[N+](C)(C)CC(O)CS(=O)(=O)[O-].P=S=P. The molecule has 0 spiro atoms. The van der Waals surface area contributed by atoms with Crippen molar-refractivity contribution in [2.75, 3.05) is 39.5 Å². The largest absolute Gasteiger partial charge is 0.748 e. The Labute approximate surface area is 146 Å². The van der Waals surface area contributed by atoms with Crippen LogP contribution in [0, 0.1) is 0 Å². The fourth-order valence-electron chi connectivity index (χ4n) is 1.81. The quantitative estimate of drug-likeness (QED) is 0.188. The van der Waals surface area contributed by atoms with E-state index >= 15 is 0 Å². The lowest BCUT2D eigenvalue weighted by atomic mass is 10.2. The van der Waals surface area contributed by atoms with Crippen LogP contribution in [0.2, 0.25) is 0 Å². The van der Waals surface area contributed by atoms with Gasteiger partial charge in [0, 0.05) is 18.5 Å². The molecule has 1 unspecified atom stereocenters. The lowest BCUT2D eigenvalue weighted by Gasteiger charge is -2.32. The van der Waals surface area contributed by atoms with Crippen LogP contribution in [0.5, 0.6) is 0 Å². The van der Waals surface area contributed by atoms with Crippen LogP contribution < -0.4 is 5.32 Å². The van der Waals surface area contributed by atoms with Gasteiger partial charge in [0.15, 0.2) is 0 Å². The summed E-state index contributed by atoms with van der Waals surface area (Å²) in [5.74, 6) is -0.978. The van der Waals surface area contributed by atoms with Crippen LogP contribution in [0.25, 0.3) is 0 Å². The molecule has 0 saturated carbocycles. The molecule has 1 atom stereocenters. The van der Waals surface area contributed by atoms with Crippen LogP contribution in [0.4, 0.5) is 0 Å². The van der Waals surface area contributed by atoms with E-state index in [1.807, 2.05) is 14.1 Å². The van der Waals surface area contributed by atoms with Crippen molar-refractivity contribution in [1.29, 1.82) is 0 Å². The third kappa shape index (κ3) is 18.0. The number of rotatable bonds is 9. The summed E-state index contributed by atoms with van der Waals surface area (Å²) in [5, 5.41) is 12.3. The Bertz CT molecular complexity index is 532. The lowest BCUT2D eigenvalue weighted by Crippen LogP contribution is -2.48. The van der Waals surface area contributed by atoms with E-state index in [1.54, 1.807) is 6.92 Å². The zero-order chi connectivity index (χ0) is 18.7. The van der Waals surface area contributed by atoms with Gasteiger partial charge in [0.05, 0.1) is 36.5 Å². The Morgan fingerprint density at radius 2 is 1.91 bits per heavy atom. The second-order valence-corrected chi connectivity index (χ2v) is 9.81. The Balaban J connectivity index is 0. The molecule has 0 saturated heterocycles. The minimum absolute atomic E-state index is 0.163. The Morgan fingerprint density at radius 3 is 2.30 bits per heavy atom. The summed E-state index contributed by atoms with van der Waals surface area (Å²) in [5.41, 5.74) is 0.440. The fourth-order valence-corrected chi connectivity index (χ4v) is 2.39. The number of carbonyl (C=O) groups excluding carboxylic acids is 1. The average Bonchev–Trinajstić information content (AvgIpc) is 2.31. The number of amides is 1. The van der Waals surface area contributed by atoms with Crippen molar-refractivity contribution in [2.24, 2.45) is 0 Å². The van der Waals surface area contributed by atoms with E-state index in [-0.39, 0.29) is 12.5 Å². The summed E-state index contributed by atoms with van der Waals surface area (Å²) >= 11 is 0. The number of quaternary nitrogens is 1. The van der Waals surface area contributed by atoms with Crippen molar-refractivity contribution in [2.45, 2.75) is 19.4 Å². The molecule has 0 aromatic rings. The van der Waals surface area contributed by atoms with Gasteiger partial charge in [-0.3, -0.25) is 4.79 Å². The van der Waals surface area contributed by atoms with Crippen molar-refractivity contribution in [3.8, 4) is 0 Å². The van der Waals surface area contributed by atoms with Crippen LogP contribution in [-0.2, 0) is 25.0 Å². The van der Waals surface area contributed by atoms with Crippen LogP contribution in [-0.4, -0.2) is 74.1 Å². The molecule has 136 valence electrons. The van der Waals surface area contributed by atoms with Crippen LogP contribution in [0.15, 0.2) is 12.2 Å². The molecular weight excluding hydrogens is 378 g/mol. The van der Waals surface area contributed by atoms with Gasteiger partial charge in [-0.2, -0.15) is 0 Å². The van der Waals surface area contributed by atoms with Gasteiger partial charge < -0.3 is 19.5 Å². The number of aliphatic hydroxyl groups is 1. The summed E-state index contributed by atoms with van der Waals surface area (Å²) in [7, 11) is 6.61. The first kappa shape index (κ1) is 25.1. The van der Waals surface area contributed by atoms with Gasteiger partial charge in [0.1, 0.15) is 12.6 Å². The molecule has 0 aliphatic heterocycles. The van der Waals surface area contributed by atoms with E-state index in [0.29, 0.717) is 29.6 Å². The van der Waals surface area contributed by atoms with Gasteiger partial charge in [0.2, 0.25) is 5.91 Å². The summed E-state index contributed by atoms with van der Waals surface area (Å²) in [6.45, 7) is 6.41. The van der Waals surface area contributed by atoms with E-state index in [1.165, 1.54) is 10.1 Å². The summed E-state index contributed by atoms with van der Waals surface area (Å²) < 4.78 is 32.0. The number of nitrogens with zero attached hydrogens (tertiary/aromatic N) is 1. The van der Waals surface area contributed by atoms with Gasteiger partial charge in [-0.05, 0) is 6.92 Å². The maximum Gasteiger partial charge on any atom is 0.246 e. The van der Waals surface area contributed by atoms with Crippen molar-refractivity contribution < 1.29 is 27.4 Å². The van der Waals surface area contributed by atoms with Crippen molar-refractivity contribution in [1.82, 2.24) is 5.32 Å². The smallest absolute Gasteiger partial charge is 0.246 e. The van der Waals surface area contributed by atoms with E-state index in [2.05, 4.69) is 27.9 Å². The molecule has 0 bridgehead atoms. The monoisotopic (exact) mass is 404 g/mol. The van der Waals surface area contributed by atoms with E-state index in [9.17, 15) is 22.9 Å². The molecule has 23 heavy (non-hydrogen) atoms. The van der Waals surface area contributed by atoms with E-state index < -0.39 is 22.0 Å². The lowest BCUT2D eigenvalue weighted by molar-refractivity contribution is -0.893. The third-order valence-corrected chi connectivity index (χ3v) is 3.51. The normalized spacial score (nSPS) is 12.6. The molecule has 0 aliphatic carbocycles. The van der Waals surface area contributed by atoms with Crippen molar-refractivity contribution >= 4 is 42.2 Å². The predicted molar refractivity (Wildman–Crippen MR) is 98.8 cm³/mol. The van der Waals surface area contributed by atoms with Crippen LogP contribution in [0.1, 0.15) is 13.3 Å². The van der Waals surface area contributed by atoms with Crippen molar-refractivity contribution in [3.05, 3.63) is 12.2 Å². The maximum atomic E-state index is 11.2. The number of hydrogen-bond acceptors (Lipinski definition) is 5. The van der Waals surface area contributed by atoms with Gasteiger partial charge in [-0.15, -0.1) is 10.1 Å². The number of likely N-dealkylation sites (N-methyl/N-ethyl adjacent to an activating group) is 1. The fraction of sp³-hybridized carbons (Fsp3) is 0.750. The summed E-state index contributed by atoms with van der Waals surface area (Å²) in [6.07, 6.45) is -0.513. The number of hydrogen-bond donors (Lipinski definition) is 2. The highest BCUT2D eigenvalue weighted by Gasteiger charge is 2.21. The Kier molecular flexibility index (Phi) is 13.4. The number of aliphatic hydroxyl groups excluding tert-OH is 1. The maximum absolute atomic E-state index is 11.2. The van der Waals surface area contributed by atoms with Crippen LogP contribution in [0.3, 0.4) is 0 Å². The van der Waals surface area contributed by atoms with Crippen LogP contribution >= 0.6 is 16.0 Å². The average molecular weight is 404 g/mol. The molecule has 11 heteroatoms. The van der Waals surface area contributed by atoms with E-state index in [4.69, 9.17) is 0 Å². The molecule has 7 nitrogen and oxygen atoms in total. The minimum Gasteiger partial charge on any atom is -0.748 e. The molecule has 0 aliphatic rings. The van der Waals surface area contributed by atoms with Gasteiger partial charge in [-0.1, -0.05) is 22.6 Å². The zero-order valence-electron chi connectivity index (χ0n) is 13.7. The molecule has 0 fully saturated rings. The third-order valence-electron chi connectivity index (χ3n) is 2.71. The molecule has 0 heterocycles. The molecule has 2 N–H and O–H groups in total. The Morgan fingerprint density at radius 1 is 1.43 bits per heavy atom. The highest BCUT2D eigenvalue weighted by Crippen LogP contribution is 2.03. The second-order valence-electron chi connectivity index (χ2n) is 5.71. The van der Waals surface area contributed by atoms with E-state index in [0.717, 1.165) is 0 Å². The molecule has 0 radical (unpaired) electrons.